The van der Waals surface area contributed by atoms with Crippen molar-refractivity contribution in [3.05, 3.63) is 40.4 Å². The van der Waals surface area contributed by atoms with Gasteiger partial charge in [-0.15, -0.1) is 0 Å². The number of H-pyrrole nitrogens is 1. The smallest absolute Gasteiger partial charge is 0.290 e. The zero-order chi connectivity index (χ0) is 21.1. The Kier molecular flexibility index (Phi) is 6.60. The van der Waals surface area contributed by atoms with E-state index in [1.807, 2.05) is 6.92 Å². The highest BCUT2D eigenvalue weighted by Crippen LogP contribution is 2.34. The number of nitriles is 1. The van der Waals surface area contributed by atoms with Gasteiger partial charge in [0.25, 0.3) is 12.3 Å². The van der Waals surface area contributed by atoms with Crippen LogP contribution in [0.5, 0.6) is 0 Å². The van der Waals surface area contributed by atoms with Crippen LogP contribution in [0.1, 0.15) is 52.4 Å². The third-order valence-corrected chi connectivity index (χ3v) is 4.91. The summed E-state index contributed by atoms with van der Waals surface area (Å²) in [4.78, 5) is 21.7. The quantitative estimate of drug-likeness (QED) is 0.584. The Bertz CT molecular complexity index is 847. The number of nitrogens with one attached hydrogen (secondary N) is 1. The van der Waals surface area contributed by atoms with Gasteiger partial charge in [-0.25, -0.2) is 13.8 Å². The Morgan fingerprint density at radius 1 is 1.46 bits per heavy atom. The molecule has 0 aromatic carbocycles. The predicted molar refractivity (Wildman–Crippen MR) is 99.9 cm³/mol. The molecule has 0 spiro atoms. The van der Waals surface area contributed by atoms with E-state index < -0.39 is 29.1 Å². The molecular weight excluding hydrogens is 366 g/mol. The van der Waals surface area contributed by atoms with Crippen LogP contribution in [0.25, 0.3) is 0 Å². The van der Waals surface area contributed by atoms with Gasteiger partial charge in [0.2, 0.25) is 0 Å². The Morgan fingerprint density at radius 2 is 2.14 bits per heavy atom. The molecule has 0 bridgehead atoms. The van der Waals surface area contributed by atoms with E-state index >= 15 is 0 Å². The lowest BCUT2D eigenvalue weighted by Crippen LogP contribution is -2.38. The number of carbonyl (C=O) groups is 1. The Labute approximate surface area is 163 Å². The first-order valence-corrected chi connectivity index (χ1v) is 9.21. The van der Waals surface area contributed by atoms with Crippen molar-refractivity contribution in [2.75, 3.05) is 6.54 Å². The minimum absolute atomic E-state index is 0.236. The third-order valence-electron chi connectivity index (χ3n) is 4.91. The van der Waals surface area contributed by atoms with E-state index in [1.165, 1.54) is 11.8 Å². The van der Waals surface area contributed by atoms with Crippen molar-refractivity contribution in [2.24, 2.45) is 5.41 Å². The van der Waals surface area contributed by atoms with Crippen LogP contribution in [-0.2, 0) is 22.5 Å². The first-order valence-electron chi connectivity index (χ1n) is 9.21. The number of alkyl halides is 2. The van der Waals surface area contributed by atoms with Crippen LogP contribution in [-0.4, -0.2) is 33.7 Å². The number of nitrogens with zero attached hydrogens (tertiary/aromatic N) is 3. The lowest BCUT2D eigenvalue weighted by Gasteiger charge is -2.30. The Balaban J connectivity index is 2.42. The van der Waals surface area contributed by atoms with Gasteiger partial charge in [-0.3, -0.25) is 4.79 Å². The van der Waals surface area contributed by atoms with E-state index in [0.29, 0.717) is 19.4 Å². The number of ether oxygens (including phenoxy) is 1. The standard InChI is InChI=1S/C20H26F2N4O2/c1-6-12(2)17(20(4,5)10-23)28-16(13(3)18(21)22)19(27)26-8-7-14-15(9-26)25-11-24-14/h11,18H,6-9H2,1-5H3,(H,24,25)/b16-13+,17-12-. The molecule has 1 aliphatic heterocycles. The molecule has 8 heteroatoms. The predicted octanol–water partition coefficient (Wildman–Crippen LogP) is 4.08. The summed E-state index contributed by atoms with van der Waals surface area (Å²) >= 11 is 0. The largest absolute Gasteiger partial charge is 0.454 e. The molecule has 0 aliphatic carbocycles. The van der Waals surface area contributed by atoms with E-state index in [4.69, 9.17) is 4.74 Å². The first-order chi connectivity index (χ1) is 13.1. The van der Waals surface area contributed by atoms with Crippen molar-refractivity contribution in [3.8, 4) is 6.07 Å². The highest BCUT2D eigenvalue weighted by Gasteiger charge is 2.34. The maximum Gasteiger partial charge on any atom is 0.290 e. The summed E-state index contributed by atoms with van der Waals surface area (Å²) in [5.41, 5.74) is 0.872. The molecule has 2 heterocycles. The summed E-state index contributed by atoms with van der Waals surface area (Å²) in [5, 5.41) is 9.51. The number of halogens is 2. The fraction of sp³-hybridized carbons (Fsp3) is 0.550. The van der Waals surface area contributed by atoms with Crippen LogP contribution in [0.15, 0.2) is 29.0 Å². The first kappa shape index (κ1) is 21.6. The van der Waals surface area contributed by atoms with E-state index in [-0.39, 0.29) is 12.3 Å². The molecule has 6 nitrogen and oxygen atoms in total. The van der Waals surface area contributed by atoms with Gasteiger partial charge in [0.15, 0.2) is 5.76 Å². The lowest BCUT2D eigenvalue weighted by molar-refractivity contribution is -0.131. The number of hydrogen-bond donors (Lipinski definition) is 1. The Hall–Kier alpha value is -2.69. The SMILES string of the molecule is CC/C(C)=C(\O/C(C(=O)N1CCc2nc[nH]c2C1)=C(\C)C(F)F)C(C)(C)C#N. The van der Waals surface area contributed by atoms with Crippen LogP contribution in [0.2, 0.25) is 0 Å². The molecule has 1 aromatic rings. The number of fused-ring (bicyclic) bond motifs is 1. The van der Waals surface area contributed by atoms with E-state index in [2.05, 4.69) is 16.0 Å². The molecule has 0 fully saturated rings. The van der Waals surface area contributed by atoms with E-state index in [1.54, 1.807) is 27.1 Å². The highest BCUT2D eigenvalue weighted by molar-refractivity contribution is 5.92. The van der Waals surface area contributed by atoms with Crippen molar-refractivity contribution < 1.29 is 18.3 Å². The van der Waals surface area contributed by atoms with Crippen LogP contribution in [0.4, 0.5) is 8.78 Å². The van der Waals surface area contributed by atoms with Gasteiger partial charge >= 0.3 is 0 Å². The van der Waals surface area contributed by atoms with Crippen LogP contribution >= 0.6 is 0 Å². The van der Waals surface area contributed by atoms with Crippen molar-refractivity contribution in [1.82, 2.24) is 14.9 Å². The lowest BCUT2D eigenvalue weighted by atomic mass is 9.89. The molecule has 1 aromatic heterocycles. The molecule has 0 radical (unpaired) electrons. The average molecular weight is 392 g/mol. The third kappa shape index (κ3) is 4.41. The van der Waals surface area contributed by atoms with Crippen LogP contribution < -0.4 is 0 Å². The number of aromatic amines is 1. The fourth-order valence-corrected chi connectivity index (χ4v) is 2.98. The summed E-state index contributed by atoms with van der Waals surface area (Å²) in [5.74, 6) is -0.794. The topological polar surface area (TPSA) is 82.0 Å². The molecule has 152 valence electrons. The number of imidazole rings is 1. The summed E-state index contributed by atoms with van der Waals surface area (Å²) in [6.45, 7) is 8.70. The number of allylic oxidation sites excluding steroid dienone is 3. The molecule has 1 amide bonds. The summed E-state index contributed by atoms with van der Waals surface area (Å²) in [7, 11) is 0. The number of amides is 1. The molecule has 28 heavy (non-hydrogen) atoms. The van der Waals surface area contributed by atoms with Crippen molar-refractivity contribution in [2.45, 2.75) is 60.4 Å². The zero-order valence-electron chi connectivity index (χ0n) is 16.9. The minimum atomic E-state index is -2.85. The molecule has 0 saturated carbocycles. The molecule has 0 saturated heterocycles. The maximum atomic E-state index is 13.5. The number of carbonyl (C=O) groups excluding carboxylic acids is 1. The van der Waals surface area contributed by atoms with Gasteiger partial charge in [0, 0.05) is 18.5 Å². The molecule has 2 rings (SSSR count). The average Bonchev–Trinajstić information content (AvgIpc) is 3.14. The van der Waals surface area contributed by atoms with E-state index in [0.717, 1.165) is 17.0 Å². The normalized spacial score (nSPS) is 16.2. The van der Waals surface area contributed by atoms with Gasteiger partial charge in [-0.2, -0.15) is 5.26 Å². The van der Waals surface area contributed by atoms with Gasteiger partial charge in [-0.1, -0.05) is 6.92 Å². The van der Waals surface area contributed by atoms with Gasteiger partial charge in [-0.05, 0) is 39.7 Å². The summed E-state index contributed by atoms with van der Waals surface area (Å²) < 4.78 is 32.8. The molecule has 1 N–H and O–H groups in total. The summed E-state index contributed by atoms with van der Waals surface area (Å²) in [6.07, 6.45) is -0.195. The molecule has 0 unspecified atom stereocenters. The molecule has 1 aliphatic rings. The van der Waals surface area contributed by atoms with Crippen molar-refractivity contribution in [1.29, 1.82) is 5.26 Å². The number of aromatic nitrogens is 2. The van der Waals surface area contributed by atoms with Crippen molar-refractivity contribution in [3.63, 3.8) is 0 Å². The van der Waals surface area contributed by atoms with Crippen molar-refractivity contribution >= 4 is 5.91 Å². The van der Waals surface area contributed by atoms with Crippen LogP contribution in [0, 0.1) is 16.7 Å². The van der Waals surface area contributed by atoms with Gasteiger partial charge in [0.1, 0.15) is 11.2 Å². The summed E-state index contributed by atoms with van der Waals surface area (Å²) in [6, 6.07) is 2.13. The second kappa shape index (κ2) is 8.55. The van der Waals surface area contributed by atoms with Gasteiger partial charge in [0.05, 0.1) is 30.3 Å². The number of rotatable bonds is 6. The van der Waals surface area contributed by atoms with E-state index in [9.17, 15) is 18.8 Å². The highest BCUT2D eigenvalue weighted by atomic mass is 19.3. The molecular formula is C20H26F2N4O2. The monoisotopic (exact) mass is 392 g/mol. The molecule has 0 atom stereocenters. The fourth-order valence-electron chi connectivity index (χ4n) is 2.98. The minimum Gasteiger partial charge on any atom is -0.454 e. The second-order valence-corrected chi connectivity index (χ2v) is 7.42. The number of hydrogen-bond acceptors (Lipinski definition) is 4. The van der Waals surface area contributed by atoms with Crippen LogP contribution in [0.3, 0.4) is 0 Å². The second-order valence-electron chi connectivity index (χ2n) is 7.42. The Morgan fingerprint density at radius 3 is 2.71 bits per heavy atom. The maximum absolute atomic E-state index is 13.5. The van der Waals surface area contributed by atoms with Gasteiger partial charge < -0.3 is 14.6 Å². The zero-order valence-corrected chi connectivity index (χ0v) is 16.9.